The number of amides is 1. The monoisotopic (exact) mass is 365 g/mol. The van der Waals surface area contributed by atoms with Gasteiger partial charge in [0.15, 0.2) is 0 Å². The lowest BCUT2D eigenvalue weighted by molar-refractivity contribution is -0.384. The summed E-state index contributed by atoms with van der Waals surface area (Å²) in [5.74, 6) is -0.863. The van der Waals surface area contributed by atoms with Gasteiger partial charge in [-0.05, 0) is 19.4 Å². The number of nitrogens with one attached hydrogen (secondary N) is 1. The van der Waals surface area contributed by atoms with Crippen molar-refractivity contribution in [3.05, 3.63) is 33.9 Å². The predicted octanol–water partition coefficient (Wildman–Crippen LogP) is 1.50. The average Bonchev–Trinajstić information content (AvgIpc) is 2.62. The number of rotatable bonds is 7. The number of ether oxygens (including phenoxy) is 2. The molecule has 0 aliphatic carbocycles. The molecule has 1 amide bonds. The van der Waals surface area contributed by atoms with E-state index in [9.17, 15) is 19.7 Å². The van der Waals surface area contributed by atoms with Gasteiger partial charge in [-0.25, -0.2) is 0 Å². The number of nitro benzene ring substituents is 1. The predicted molar refractivity (Wildman–Crippen MR) is 93.9 cm³/mol. The maximum atomic E-state index is 12.8. The van der Waals surface area contributed by atoms with E-state index in [0.717, 1.165) is 0 Å². The van der Waals surface area contributed by atoms with Crippen molar-refractivity contribution in [1.82, 2.24) is 4.90 Å². The summed E-state index contributed by atoms with van der Waals surface area (Å²) in [7, 11) is 0. The van der Waals surface area contributed by atoms with Gasteiger partial charge in [-0.15, -0.1) is 0 Å². The number of nitrogens with zero attached hydrogens (tertiary/aromatic N) is 2. The molecule has 1 heterocycles. The topological polar surface area (TPSA) is 111 Å². The molecule has 1 aromatic rings. The van der Waals surface area contributed by atoms with Crippen molar-refractivity contribution in [1.29, 1.82) is 0 Å². The molecule has 0 aromatic heterocycles. The highest BCUT2D eigenvalue weighted by atomic mass is 16.6. The number of hydrogen-bond acceptors (Lipinski definition) is 7. The van der Waals surface area contributed by atoms with Gasteiger partial charge in [0.1, 0.15) is 6.04 Å². The zero-order chi connectivity index (χ0) is 19.1. The molecule has 1 N–H and O–H groups in total. The van der Waals surface area contributed by atoms with Crippen molar-refractivity contribution in [2.75, 3.05) is 38.2 Å². The minimum absolute atomic E-state index is 0.0896. The molecule has 9 heteroatoms. The first-order valence-corrected chi connectivity index (χ1v) is 8.45. The van der Waals surface area contributed by atoms with Crippen LogP contribution in [-0.2, 0) is 19.1 Å². The Balaban J connectivity index is 2.18. The lowest BCUT2D eigenvalue weighted by Gasteiger charge is -2.33. The molecule has 0 bridgehead atoms. The third-order valence-corrected chi connectivity index (χ3v) is 4.14. The molecule has 2 rings (SSSR count). The molecule has 1 atom stereocenters. The van der Waals surface area contributed by atoms with Crippen LogP contribution < -0.4 is 5.32 Å². The van der Waals surface area contributed by atoms with Crippen LogP contribution in [0.4, 0.5) is 11.4 Å². The van der Waals surface area contributed by atoms with Gasteiger partial charge in [-0.3, -0.25) is 24.6 Å². The fourth-order valence-electron chi connectivity index (χ4n) is 2.73. The van der Waals surface area contributed by atoms with Crippen LogP contribution in [-0.4, -0.2) is 60.7 Å². The molecule has 1 aromatic carbocycles. The van der Waals surface area contributed by atoms with Gasteiger partial charge in [-0.2, -0.15) is 0 Å². The summed E-state index contributed by atoms with van der Waals surface area (Å²) in [6.07, 6.45) is -0.0896. The largest absolute Gasteiger partial charge is 0.466 e. The lowest BCUT2D eigenvalue weighted by atomic mass is 10.1. The Labute approximate surface area is 151 Å². The standard InChI is InChI=1S/C17H23N3O6/c1-3-26-16(21)11-15(19-6-8-25-9-7-19)17(22)18-14-10-13(20(23)24)5-4-12(14)2/h4-5,10,15H,3,6-9,11H2,1-2H3,(H,18,22). The van der Waals surface area contributed by atoms with Crippen LogP contribution in [0.15, 0.2) is 18.2 Å². The van der Waals surface area contributed by atoms with Crippen LogP contribution in [0, 0.1) is 17.0 Å². The number of carbonyl (C=O) groups excluding carboxylic acids is 2. The second-order valence-electron chi connectivity index (χ2n) is 5.92. The van der Waals surface area contributed by atoms with Crippen LogP contribution in [0.5, 0.6) is 0 Å². The fourth-order valence-corrected chi connectivity index (χ4v) is 2.73. The van der Waals surface area contributed by atoms with E-state index in [2.05, 4.69) is 5.32 Å². The van der Waals surface area contributed by atoms with E-state index < -0.39 is 22.8 Å². The molecule has 1 fully saturated rings. The number of nitro groups is 1. The van der Waals surface area contributed by atoms with Crippen LogP contribution >= 0.6 is 0 Å². The van der Waals surface area contributed by atoms with Gasteiger partial charge in [0.25, 0.3) is 5.69 Å². The Morgan fingerprint density at radius 3 is 2.69 bits per heavy atom. The summed E-state index contributed by atoms with van der Waals surface area (Å²) in [6.45, 7) is 5.67. The van der Waals surface area contributed by atoms with Crippen molar-refractivity contribution < 1.29 is 24.0 Å². The van der Waals surface area contributed by atoms with E-state index in [1.165, 1.54) is 12.1 Å². The number of carbonyl (C=O) groups is 2. The molecule has 0 saturated carbocycles. The minimum Gasteiger partial charge on any atom is -0.466 e. The molecule has 142 valence electrons. The Hall–Kier alpha value is -2.52. The molecule has 1 aliphatic heterocycles. The summed E-state index contributed by atoms with van der Waals surface area (Å²) in [6, 6.07) is 3.54. The molecular formula is C17H23N3O6. The normalized spacial score (nSPS) is 15.9. The van der Waals surface area contributed by atoms with Gasteiger partial charge in [-0.1, -0.05) is 6.07 Å². The summed E-state index contributed by atoms with van der Waals surface area (Å²) in [5, 5.41) is 13.7. The molecule has 9 nitrogen and oxygen atoms in total. The Morgan fingerprint density at radius 1 is 1.38 bits per heavy atom. The van der Waals surface area contributed by atoms with E-state index in [1.807, 2.05) is 4.90 Å². The van der Waals surface area contributed by atoms with Crippen molar-refractivity contribution in [2.45, 2.75) is 26.3 Å². The van der Waals surface area contributed by atoms with Gasteiger partial charge < -0.3 is 14.8 Å². The first kappa shape index (κ1) is 19.8. The highest BCUT2D eigenvalue weighted by Crippen LogP contribution is 2.23. The number of anilines is 1. The number of morpholine rings is 1. The minimum atomic E-state index is -0.725. The molecule has 1 unspecified atom stereocenters. The van der Waals surface area contributed by atoms with Crippen molar-refractivity contribution >= 4 is 23.3 Å². The molecule has 0 radical (unpaired) electrons. The van der Waals surface area contributed by atoms with Crippen LogP contribution in [0.25, 0.3) is 0 Å². The van der Waals surface area contributed by atoms with E-state index in [0.29, 0.717) is 37.6 Å². The molecule has 26 heavy (non-hydrogen) atoms. The Kier molecular flexibility index (Phi) is 7.05. The van der Waals surface area contributed by atoms with Gasteiger partial charge >= 0.3 is 5.97 Å². The lowest BCUT2D eigenvalue weighted by Crippen LogP contribution is -2.50. The second-order valence-corrected chi connectivity index (χ2v) is 5.92. The smallest absolute Gasteiger partial charge is 0.307 e. The van der Waals surface area contributed by atoms with Gasteiger partial charge in [0.2, 0.25) is 5.91 Å². The molecular weight excluding hydrogens is 342 g/mol. The number of non-ortho nitro benzene ring substituents is 1. The van der Waals surface area contributed by atoms with Crippen LogP contribution in [0.2, 0.25) is 0 Å². The third kappa shape index (κ3) is 5.24. The third-order valence-electron chi connectivity index (χ3n) is 4.14. The van der Waals surface area contributed by atoms with Gasteiger partial charge in [0.05, 0.1) is 36.9 Å². The second kappa shape index (κ2) is 9.25. The molecule has 1 aliphatic rings. The zero-order valence-corrected chi connectivity index (χ0v) is 14.9. The first-order valence-electron chi connectivity index (χ1n) is 8.45. The van der Waals surface area contributed by atoms with Crippen molar-refractivity contribution in [2.24, 2.45) is 0 Å². The number of aryl methyl sites for hydroxylation is 1. The summed E-state index contributed by atoms with van der Waals surface area (Å²) >= 11 is 0. The SMILES string of the molecule is CCOC(=O)CC(C(=O)Nc1cc([N+](=O)[O-])ccc1C)N1CCOCC1. The summed E-state index contributed by atoms with van der Waals surface area (Å²) < 4.78 is 10.3. The average molecular weight is 365 g/mol. The van der Waals surface area contributed by atoms with E-state index in [4.69, 9.17) is 9.47 Å². The summed E-state index contributed by atoms with van der Waals surface area (Å²) in [4.78, 5) is 37.0. The Morgan fingerprint density at radius 2 is 2.08 bits per heavy atom. The molecule has 0 spiro atoms. The van der Waals surface area contributed by atoms with Crippen molar-refractivity contribution in [3.63, 3.8) is 0 Å². The zero-order valence-electron chi connectivity index (χ0n) is 14.9. The Bertz CT molecular complexity index is 672. The fraction of sp³-hybridized carbons (Fsp3) is 0.529. The van der Waals surface area contributed by atoms with E-state index >= 15 is 0 Å². The van der Waals surface area contributed by atoms with Gasteiger partial charge in [0, 0.05) is 25.2 Å². The first-order chi connectivity index (χ1) is 12.4. The van der Waals surface area contributed by atoms with Crippen LogP contribution in [0.1, 0.15) is 18.9 Å². The quantitative estimate of drug-likeness (QED) is 0.443. The molecule has 1 saturated heterocycles. The van der Waals surface area contributed by atoms with E-state index in [-0.39, 0.29) is 18.7 Å². The highest BCUT2D eigenvalue weighted by Gasteiger charge is 2.30. The van der Waals surface area contributed by atoms with Crippen molar-refractivity contribution in [3.8, 4) is 0 Å². The number of hydrogen-bond donors (Lipinski definition) is 1. The number of benzene rings is 1. The number of esters is 1. The maximum absolute atomic E-state index is 12.8. The van der Waals surface area contributed by atoms with E-state index in [1.54, 1.807) is 19.9 Å². The summed E-state index contributed by atoms with van der Waals surface area (Å²) in [5.41, 5.74) is 0.936. The maximum Gasteiger partial charge on any atom is 0.307 e. The highest BCUT2D eigenvalue weighted by molar-refractivity contribution is 5.97. The van der Waals surface area contributed by atoms with Crippen LogP contribution in [0.3, 0.4) is 0 Å².